The third-order valence-electron chi connectivity index (χ3n) is 6.43. The first kappa shape index (κ1) is 25.9. The summed E-state index contributed by atoms with van der Waals surface area (Å²) < 4.78 is 0. The third-order valence-corrected chi connectivity index (χ3v) is 6.43. The van der Waals surface area contributed by atoms with Crippen LogP contribution in [0.2, 0.25) is 0 Å². The van der Waals surface area contributed by atoms with Crippen LogP contribution in [0.15, 0.2) is 29.3 Å². The molecule has 1 unspecified atom stereocenters. The number of amides is 1. The second-order valence-electron chi connectivity index (χ2n) is 9.02. The van der Waals surface area contributed by atoms with E-state index >= 15 is 0 Å². The lowest BCUT2D eigenvalue weighted by atomic mass is 9.95. The van der Waals surface area contributed by atoms with E-state index in [1.165, 1.54) is 37.1 Å². The second-order valence-corrected chi connectivity index (χ2v) is 9.02. The number of benzene rings is 1. The standard InChI is InChI=1S/C24H39N5O.HI/c1-3-26-24(29-12-6-7-20(17-29)15-23(25)30)27-16-21-8-4-5-9-22(21)18-28-13-10-19(2)11-14-28;/h4-5,8-9,19-20H,3,6-7,10-18H2,1-2H3,(H2,25,30)(H,26,27);1H. The minimum Gasteiger partial charge on any atom is -0.370 e. The predicted octanol–water partition coefficient (Wildman–Crippen LogP) is 3.59. The minimum absolute atomic E-state index is 0. The summed E-state index contributed by atoms with van der Waals surface area (Å²) in [5.74, 6) is 1.93. The summed E-state index contributed by atoms with van der Waals surface area (Å²) in [5, 5.41) is 3.45. The molecule has 174 valence electrons. The van der Waals surface area contributed by atoms with Crippen LogP contribution in [0.4, 0.5) is 0 Å². The molecule has 1 aromatic carbocycles. The van der Waals surface area contributed by atoms with E-state index in [0.29, 0.717) is 18.9 Å². The molecule has 0 saturated carbocycles. The molecule has 2 aliphatic heterocycles. The highest BCUT2D eigenvalue weighted by atomic mass is 127. The van der Waals surface area contributed by atoms with Gasteiger partial charge < -0.3 is 16.0 Å². The molecule has 0 spiro atoms. The molecule has 1 atom stereocenters. The molecule has 0 aromatic heterocycles. The third kappa shape index (κ3) is 8.25. The van der Waals surface area contributed by atoms with Crippen LogP contribution in [0.5, 0.6) is 0 Å². The highest BCUT2D eigenvalue weighted by Gasteiger charge is 2.23. The molecule has 0 aliphatic carbocycles. The van der Waals surface area contributed by atoms with Gasteiger partial charge in [0.25, 0.3) is 0 Å². The Balaban J connectivity index is 0.00000341. The maximum atomic E-state index is 11.4. The largest absolute Gasteiger partial charge is 0.370 e. The Kier molecular flexibility index (Phi) is 11.1. The summed E-state index contributed by atoms with van der Waals surface area (Å²) in [5.41, 5.74) is 8.12. The first-order valence-corrected chi connectivity index (χ1v) is 11.7. The lowest BCUT2D eigenvalue weighted by Gasteiger charge is -2.34. The number of carbonyl (C=O) groups excluding carboxylic acids is 1. The van der Waals surface area contributed by atoms with Gasteiger partial charge in [0.15, 0.2) is 5.96 Å². The van der Waals surface area contributed by atoms with Gasteiger partial charge in [0.05, 0.1) is 6.54 Å². The number of aliphatic imine (C=N–C) groups is 1. The van der Waals surface area contributed by atoms with Crippen molar-refractivity contribution in [1.82, 2.24) is 15.1 Å². The van der Waals surface area contributed by atoms with Gasteiger partial charge in [-0.05, 0) is 68.7 Å². The first-order chi connectivity index (χ1) is 14.5. The van der Waals surface area contributed by atoms with Gasteiger partial charge in [-0.3, -0.25) is 9.69 Å². The lowest BCUT2D eigenvalue weighted by Crippen LogP contribution is -2.47. The Morgan fingerprint density at radius 3 is 2.55 bits per heavy atom. The number of piperidine rings is 2. The van der Waals surface area contributed by atoms with E-state index < -0.39 is 0 Å². The fourth-order valence-electron chi connectivity index (χ4n) is 4.62. The number of nitrogens with one attached hydrogen (secondary N) is 1. The smallest absolute Gasteiger partial charge is 0.217 e. The van der Waals surface area contributed by atoms with Crippen molar-refractivity contribution in [3.8, 4) is 0 Å². The normalized spacial score (nSPS) is 20.9. The van der Waals surface area contributed by atoms with Crippen LogP contribution in [0.1, 0.15) is 57.1 Å². The van der Waals surface area contributed by atoms with Crippen molar-refractivity contribution in [1.29, 1.82) is 0 Å². The van der Waals surface area contributed by atoms with Gasteiger partial charge in [-0.15, -0.1) is 24.0 Å². The summed E-state index contributed by atoms with van der Waals surface area (Å²) in [6.07, 6.45) is 5.20. The average molecular weight is 542 g/mol. The molecule has 6 nitrogen and oxygen atoms in total. The van der Waals surface area contributed by atoms with E-state index in [1.807, 2.05) is 0 Å². The number of hydrogen-bond acceptors (Lipinski definition) is 3. The minimum atomic E-state index is -0.204. The number of rotatable bonds is 7. The number of nitrogens with zero attached hydrogens (tertiary/aromatic N) is 3. The lowest BCUT2D eigenvalue weighted by molar-refractivity contribution is -0.119. The van der Waals surface area contributed by atoms with Crippen LogP contribution in [-0.2, 0) is 17.9 Å². The Hall–Kier alpha value is -1.35. The monoisotopic (exact) mass is 541 g/mol. The summed E-state index contributed by atoms with van der Waals surface area (Å²) >= 11 is 0. The molecule has 1 aromatic rings. The number of nitrogens with two attached hydrogens (primary N) is 1. The Morgan fingerprint density at radius 2 is 1.87 bits per heavy atom. The molecule has 3 rings (SSSR count). The van der Waals surface area contributed by atoms with Gasteiger partial charge in [-0.2, -0.15) is 0 Å². The zero-order valence-electron chi connectivity index (χ0n) is 19.2. The summed E-state index contributed by atoms with van der Waals surface area (Å²) in [7, 11) is 0. The summed E-state index contributed by atoms with van der Waals surface area (Å²) in [6, 6.07) is 8.71. The van der Waals surface area contributed by atoms with Gasteiger partial charge in [-0.1, -0.05) is 31.2 Å². The van der Waals surface area contributed by atoms with Crippen LogP contribution in [0.25, 0.3) is 0 Å². The molecule has 31 heavy (non-hydrogen) atoms. The molecule has 2 aliphatic rings. The molecule has 0 radical (unpaired) electrons. The molecular formula is C24H40IN5O. The number of guanidine groups is 1. The molecule has 7 heteroatoms. The van der Waals surface area contributed by atoms with E-state index in [2.05, 4.69) is 53.2 Å². The van der Waals surface area contributed by atoms with Crippen LogP contribution in [0, 0.1) is 11.8 Å². The van der Waals surface area contributed by atoms with Crippen molar-refractivity contribution >= 4 is 35.8 Å². The molecule has 2 fully saturated rings. The van der Waals surface area contributed by atoms with E-state index in [9.17, 15) is 4.79 Å². The van der Waals surface area contributed by atoms with Crippen molar-refractivity contribution in [3.63, 3.8) is 0 Å². The van der Waals surface area contributed by atoms with Crippen molar-refractivity contribution in [3.05, 3.63) is 35.4 Å². The van der Waals surface area contributed by atoms with Crippen LogP contribution >= 0.6 is 24.0 Å². The Bertz CT molecular complexity index is 718. The van der Waals surface area contributed by atoms with Crippen LogP contribution < -0.4 is 11.1 Å². The zero-order valence-corrected chi connectivity index (χ0v) is 21.5. The Morgan fingerprint density at radius 1 is 1.16 bits per heavy atom. The molecular weight excluding hydrogens is 501 g/mol. The molecule has 2 heterocycles. The van der Waals surface area contributed by atoms with E-state index in [4.69, 9.17) is 10.7 Å². The van der Waals surface area contributed by atoms with Crippen molar-refractivity contribution in [2.45, 2.75) is 59.0 Å². The number of hydrogen-bond donors (Lipinski definition) is 2. The van der Waals surface area contributed by atoms with Gasteiger partial charge in [0.2, 0.25) is 5.91 Å². The summed E-state index contributed by atoms with van der Waals surface area (Å²) in [6.45, 7) is 11.2. The van der Waals surface area contributed by atoms with Crippen molar-refractivity contribution in [2.75, 3.05) is 32.7 Å². The maximum Gasteiger partial charge on any atom is 0.217 e. The quantitative estimate of drug-likeness (QED) is 0.315. The number of halogens is 1. The summed E-state index contributed by atoms with van der Waals surface area (Å²) in [4.78, 5) is 21.2. The number of primary amides is 1. The number of likely N-dealkylation sites (tertiary alicyclic amines) is 2. The number of carbonyl (C=O) groups is 1. The molecule has 1 amide bonds. The van der Waals surface area contributed by atoms with E-state index in [-0.39, 0.29) is 29.9 Å². The van der Waals surface area contributed by atoms with Crippen LogP contribution in [-0.4, -0.2) is 54.4 Å². The van der Waals surface area contributed by atoms with Crippen molar-refractivity contribution < 1.29 is 4.79 Å². The highest BCUT2D eigenvalue weighted by Crippen LogP contribution is 2.21. The van der Waals surface area contributed by atoms with Crippen LogP contribution in [0.3, 0.4) is 0 Å². The average Bonchev–Trinajstić information content (AvgIpc) is 2.73. The van der Waals surface area contributed by atoms with Gasteiger partial charge in [-0.25, -0.2) is 4.99 Å². The molecule has 3 N–H and O–H groups in total. The second kappa shape index (κ2) is 13.3. The highest BCUT2D eigenvalue weighted by molar-refractivity contribution is 14.0. The zero-order chi connectivity index (χ0) is 21.3. The van der Waals surface area contributed by atoms with E-state index in [0.717, 1.165) is 50.9 Å². The van der Waals surface area contributed by atoms with Gasteiger partial charge >= 0.3 is 0 Å². The fraction of sp³-hybridized carbons (Fsp3) is 0.667. The molecule has 0 bridgehead atoms. The van der Waals surface area contributed by atoms with Gasteiger partial charge in [0, 0.05) is 32.6 Å². The fourth-order valence-corrected chi connectivity index (χ4v) is 4.62. The Labute approximate surface area is 205 Å². The SMILES string of the molecule is CCNC(=NCc1ccccc1CN1CCC(C)CC1)N1CCCC(CC(N)=O)C1.I. The first-order valence-electron chi connectivity index (χ1n) is 11.7. The maximum absolute atomic E-state index is 11.4. The van der Waals surface area contributed by atoms with Gasteiger partial charge in [0.1, 0.15) is 0 Å². The topological polar surface area (TPSA) is 74.0 Å². The molecule has 2 saturated heterocycles. The van der Waals surface area contributed by atoms with E-state index in [1.54, 1.807) is 0 Å². The van der Waals surface area contributed by atoms with Crippen molar-refractivity contribution in [2.24, 2.45) is 22.6 Å². The predicted molar refractivity (Wildman–Crippen MR) is 138 cm³/mol.